The van der Waals surface area contributed by atoms with Crippen LogP contribution in [-0.4, -0.2) is 56.0 Å². The molecule has 0 aromatic heterocycles. The molecule has 12 heteroatoms. The molecule has 0 saturated carbocycles. The van der Waals surface area contributed by atoms with Crippen molar-refractivity contribution in [2.45, 2.75) is 17.9 Å². The van der Waals surface area contributed by atoms with Crippen LogP contribution in [0, 0.1) is 0 Å². The van der Waals surface area contributed by atoms with Gasteiger partial charge in [0, 0.05) is 18.4 Å². The zero-order valence-electron chi connectivity index (χ0n) is 18.2. The van der Waals surface area contributed by atoms with E-state index in [9.17, 15) is 21.6 Å². The lowest BCUT2D eigenvalue weighted by atomic mass is 10.1. The third-order valence-electron chi connectivity index (χ3n) is 4.60. The van der Waals surface area contributed by atoms with E-state index in [1.165, 1.54) is 38.5 Å². The lowest BCUT2D eigenvalue weighted by Crippen LogP contribution is -2.41. The van der Waals surface area contributed by atoms with Crippen LogP contribution in [0.2, 0.25) is 5.02 Å². The number of ether oxygens (including phenoxy) is 2. The first kappa shape index (κ1) is 25.8. The maximum Gasteiger partial charge on any atom is 0.241 e. The minimum atomic E-state index is -3.88. The van der Waals surface area contributed by atoms with Gasteiger partial charge in [0.2, 0.25) is 15.9 Å². The number of nitrogens with one attached hydrogen (secondary N) is 1. The zero-order chi connectivity index (χ0) is 24.3. The molecule has 9 nitrogen and oxygen atoms in total. The van der Waals surface area contributed by atoms with Gasteiger partial charge in [-0.1, -0.05) is 23.7 Å². The van der Waals surface area contributed by atoms with Gasteiger partial charge in [-0.2, -0.15) is 0 Å². The fraction of sp³-hybridized carbons (Fsp3) is 0.350. The van der Waals surface area contributed by atoms with Crippen LogP contribution >= 0.6 is 11.6 Å². The number of sulfone groups is 1. The fourth-order valence-electron chi connectivity index (χ4n) is 2.92. The summed E-state index contributed by atoms with van der Waals surface area (Å²) in [5.74, 6) is -0.208. The average Bonchev–Trinajstić information content (AvgIpc) is 2.70. The molecule has 0 aliphatic heterocycles. The number of carbonyl (C=O) groups excluding carboxylic acids is 1. The van der Waals surface area contributed by atoms with Gasteiger partial charge in [0.1, 0.15) is 18.0 Å². The summed E-state index contributed by atoms with van der Waals surface area (Å²) < 4.78 is 59.4. The van der Waals surface area contributed by atoms with E-state index < -0.39 is 38.4 Å². The van der Waals surface area contributed by atoms with Gasteiger partial charge in [0.05, 0.1) is 42.1 Å². The van der Waals surface area contributed by atoms with E-state index in [-0.39, 0.29) is 27.1 Å². The molecule has 32 heavy (non-hydrogen) atoms. The standard InChI is InChI=1S/C20H25ClN2O7S2/c1-13(14-6-8-15(9-7-14)31(4,25)26)22-20(24)12-23(32(5,27)28)17-11-18(29-2)16(21)10-19(17)30-3/h6-11,13H,12H2,1-5H3,(H,22,24)/t13-/m0/s1. The van der Waals surface area contributed by atoms with E-state index >= 15 is 0 Å². The second kappa shape index (κ2) is 9.97. The predicted molar refractivity (Wildman–Crippen MR) is 123 cm³/mol. The molecule has 0 spiro atoms. The number of anilines is 1. The number of rotatable bonds is 9. The molecule has 1 N–H and O–H groups in total. The second-order valence-electron chi connectivity index (χ2n) is 7.06. The van der Waals surface area contributed by atoms with E-state index in [0.29, 0.717) is 5.56 Å². The number of sulfonamides is 1. The van der Waals surface area contributed by atoms with Gasteiger partial charge >= 0.3 is 0 Å². The Bertz CT molecular complexity index is 1200. The molecule has 0 bridgehead atoms. The minimum Gasteiger partial charge on any atom is -0.495 e. The zero-order valence-corrected chi connectivity index (χ0v) is 20.6. The predicted octanol–water partition coefficient (Wildman–Crippen LogP) is 2.40. The van der Waals surface area contributed by atoms with Gasteiger partial charge in [-0.15, -0.1) is 0 Å². The molecule has 2 aromatic rings. The number of hydrogen-bond acceptors (Lipinski definition) is 7. The summed E-state index contributed by atoms with van der Waals surface area (Å²) in [6.07, 6.45) is 2.07. The van der Waals surface area contributed by atoms with Crippen LogP contribution in [0.3, 0.4) is 0 Å². The molecule has 176 valence electrons. The van der Waals surface area contributed by atoms with Crippen molar-refractivity contribution in [2.75, 3.05) is 37.6 Å². The number of halogens is 1. The van der Waals surface area contributed by atoms with Gasteiger partial charge in [-0.3, -0.25) is 9.10 Å². The van der Waals surface area contributed by atoms with Gasteiger partial charge in [0.25, 0.3) is 0 Å². The highest BCUT2D eigenvalue weighted by molar-refractivity contribution is 7.92. The molecule has 0 aliphatic rings. The van der Waals surface area contributed by atoms with Crippen molar-refractivity contribution < 1.29 is 31.1 Å². The maximum atomic E-state index is 12.7. The van der Waals surface area contributed by atoms with Gasteiger partial charge in [0.15, 0.2) is 9.84 Å². The molecule has 0 aliphatic carbocycles. The third-order valence-corrected chi connectivity index (χ3v) is 7.15. The summed E-state index contributed by atoms with van der Waals surface area (Å²) in [5, 5.41) is 2.93. The summed E-state index contributed by atoms with van der Waals surface area (Å²) in [5.41, 5.74) is 0.749. The van der Waals surface area contributed by atoms with Crippen molar-refractivity contribution in [2.24, 2.45) is 0 Å². The summed E-state index contributed by atoms with van der Waals surface area (Å²) >= 11 is 6.09. The molecule has 0 saturated heterocycles. The van der Waals surface area contributed by atoms with Crippen molar-refractivity contribution in [3.63, 3.8) is 0 Å². The first-order valence-corrected chi connectivity index (χ1v) is 13.4. The summed E-state index contributed by atoms with van der Waals surface area (Å²) in [4.78, 5) is 12.9. The topological polar surface area (TPSA) is 119 Å². The number of hydrogen-bond donors (Lipinski definition) is 1. The lowest BCUT2D eigenvalue weighted by molar-refractivity contribution is -0.120. The van der Waals surface area contributed by atoms with Crippen LogP contribution in [0.15, 0.2) is 41.3 Å². The maximum absolute atomic E-state index is 12.7. The van der Waals surface area contributed by atoms with Gasteiger partial charge in [-0.25, -0.2) is 16.8 Å². The molecule has 1 atom stereocenters. The third kappa shape index (κ3) is 6.27. The first-order chi connectivity index (χ1) is 14.8. The Morgan fingerprint density at radius 2 is 1.59 bits per heavy atom. The van der Waals surface area contributed by atoms with Crippen LogP contribution in [0.5, 0.6) is 11.5 Å². The van der Waals surface area contributed by atoms with Crippen LogP contribution in [-0.2, 0) is 24.7 Å². The van der Waals surface area contributed by atoms with Gasteiger partial charge < -0.3 is 14.8 Å². The monoisotopic (exact) mass is 504 g/mol. The Morgan fingerprint density at radius 3 is 2.06 bits per heavy atom. The van der Waals surface area contributed by atoms with Crippen LogP contribution < -0.4 is 19.1 Å². The van der Waals surface area contributed by atoms with Crippen molar-refractivity contribution in [1.29, 1.82) is 0 Å². The smallest absolute Gasteiger partial charge is 0.241 e. The molecule has 0 radical (unpaired) electrons. The van der Waals surface area contributed by atoms with Crippen molar-refractivity contribution >= 4 is 43.1 Å². The highest BCUT2D eigenvalue weighted by Crippen LogP contribution is 2.38. The summed E-state index contributed by atoms with van der Waals surface area (Å²) in [6.45, 7) is 1.18. The van der Waals surface area contributed by atoms with E-state index in [0.717, 1.165) is 16.8 Å². The molecule has 1 amide bonds. The highest BCUT2D eigenvalue weighted by atomic mass is 35.5. The number of amides is 1. The molecule has 0 unspecified atom stereocenters. The molecular formula is C20H25ClN2O7S2. The van der Waals surface area contributed by atoms with Crippen LogP contribution in [0.4, 0.5) is 5.69 Å². The molecular weight excluding hydrogens is 480 g/mol. The number of nitrogens with zero attached hydrogens (tertiary/aromatic N) is 1. The minimum absolute atomic E-state index is 0.0940. The van der Waals surface area contributed by atoms with E-state index in [1.54, 1.807) is 19.1 Å². The summed E-state index contributed by atoms with van der Waals surface area (Å²) in [7, 11) is -4.49. The average molecular weight is 505 g/mol. The summed E-state index contributed by atoms with van der Waals surface area (Å²) in [6, 6.07) is 8.34. The van der Waals surface area contributed by atoms with Crippen LogP contribution in [0.25, 0.3) is 0 Å². The number of methoxy groups -OCH3 is 2. The Balaban J connectivity index is 2.28. The molecule has 2 aromatic carbocycles. The van der Waals surface area contributed by atoms with E-state index in [2.05, 4.69) is 5.32 Å². The Kier molecular flexibility index (Phi) is 8.02. The molecule has 2 rings (SSSR count). The van der Waals surface area contributed by atoms with Gasteiger partial charge in [-0.05, 0) is 24.6 Å². The Labute approximate surface area is 193 Å². The Morgan fingerprint density at radius 1 is 1.03 bits per heavy atom. The first-order valence-electron chi connectivity index (χ1n) is 9.26. The van der Waals surface area contributed by atoms with Crippen LogP contribution in [0.1, 0.15) is 18.5 Å². The Hall–Kier alpha value is -2.50. The second-order valence-corrected chi connectivity index (χ2v) is 11.4. The normalized spacial score (nSPS) is 12.7. The highest BCUT2D eigenvalue weighted by Gasteiger charge is 2.26. The molecule has 0 fully saturated rings. The van der Waals surface area contributed by atoms with Crippen molar-refractivity contribution in [3.8, 4) is 11.5 Å². The number of benzene rings is 2. The number of carbonyl (C=O) groups is 1. The van der Waals surface area contributed by atoms with Crippen molar-refractivity contribution in [1.82, 2.24) is 5.32 Å². The van der Waals surface area contributed by atoms with E-state index in [4.69, 9.17) is 21.1 Å². The quantitative estimate of drug-likeness (QED) is 0.556. The SMILES string of the molecule is COc1cc(N(CC(=O)N[C@@H](C)c2ccc(S(C)(=O)=O)cc2)S(C)(=O)=O)c(OC)cc1Cl. The van der Waals surface area contributed by atoms with Crippen molar-refractivity contribution in [3.05, 3.63) is 47.0 Å². The lowest BCUT2D eigenvalue weighted by Gasteiger charge is -2.25. The molecule has 0 heterocycles. The van der Waals surface area contributed by atoms with E-state index in [1.807, 2.05) is 0 Å². The largest absolute Gasteiger partial charge is 0.495 e. The fourth-order valence-corrected chi connectivity index (χ4v) is 4.64.